The van der Waals surface area contributed by atoms with E-state index in [1.807, 2.05) is 0 Å². The molecule has 1 nitrogen and oxygen atoms in total. The molecule has 0 radical (unpaired) electrons. The van der Waals surface area contributed by atoms with Crippen molar-refractivity contribution in [1.29, 1.82) is 0 Å². The Balaban J connectivity index is 1.47. The molecule has 172 valence electrons. The van der Waals surface area contributed by atoms with Crippen LogP contribution in [0.2, 0.25) is 0 Å². The first kappa shape index (κ1) is 22.2. The van der Waals surface area contributed by atoms with E-state index in [0.717, 1.165) is 24.8 Å². The van der Waals surface area contributed by atoms with Crippen molar-refractivity contribution in [2.75, 3.05) is 6.54 Å². The summed E-state index contributed by atoms with van der Waals surface area (Å²) in [5.74, 6) is 1.57. The maximum atomic E-state index is 3.90. The Hall–Kier alpha value is -1.60. The van der Waals surface area contributed by atoms with Crippen molar-refractivity contribution in [2.45, 2.75) is 114 Å². The van der Waals surface area contributed by atoms with E-state index in [4.69, 9.17) is 0 Å². The number of rotatable bonds is 6. The molecule has 2 aromatic carbocycles. The molecule has 1 N–H and O–H groups in total. The van der Waals surface area contributed by atoms with Gasteiger partial charge >= 0.3 is 0 Å². The first-order chi connectivity index (χ1) is 15.8. The molecule has 0 amide bonds. The Morgan fingerprint density at radius 1 is 0.625 bits per heavy atom. The Bertz CT molecular complexity index is 770. The highest BCUT2D eigenvalue weighted by atomic mass is 15.0. The van der Waals surface area contributed by atoms with Crippen molar-refractivity contribution < 1.29 is 0 Å². The first-order valence-corrected chi connectivity index (χ1v) is 13.8. The predicted octanol–water partition coefficient (Wildman–Crippen LogP) is 8.23. The fraction of sp³-hybridized carbons (Fsp3) is 0.613. The molecule has 1 saturated heterocycles. The van der Waals surface area contributed by atoms with E-state index < -0.39 is 0 Å². The minimum atomic E-state index is 0.0761. The monoisotopic (exact) mass is 429 g/mol. The van der Waals surface area contributed by atoms with Gasteiger partial charge in [0, 0.05) is 11.5 Å². The third-order valence-electron chi connectivity index (χ3n) is 9.22. The van der Waals surface area contributed by atoms with E-state index in [0.29, 0.717) is 6.04 Å². The Morgan fingerprint density at radius 2 is 1.09 bits per heavy atom. The van der Waals surface area contributed by atoms with Gasteiger partial charge in [0.2, 0.25) is 0 Å². The average Bonchev–Trinajstić information content (AvgIpc) is 3.42. The molecule has 3 fully saturated rings. The molecule has 1 aliphatic heterocycles. The highest BCUT2D eigenvalue weighted by molar-refractivity contribution is 5.44. The summed E-state index contributed by atoms with van der Waals surface area (Å²) in [6.45, 7) is 3.57. The minimum Gasteiger partial charge on any atom is -0.313 e. The van der Waals surface area contributed by atoms with Crippen molar-refractivity contribution in [3.05, 3.63) is 70.8 Å². The zero-order valence-corrected chi connectivity index (χ0v) is 20.3. The van der Waals surface area contributed by atoms with Gasteiger partial charge in [0.15, 0.2) is 0 Å². The fourth-order valence-electron chi connectivity index (χ4n) is 7.31. The van der Waals surface area contributed by atoms with E-state index in [9.17, 15) is 0 Å². The number of nitrogens with one attached hydrogen (secondary N) is 1. The van der Waals surface area contributed by atoms with Crippen LogP contribution >= 0.6 is 0 Å². The zero-order valence-electron chi connectivity index (χ0n) is 20.3. The standard InChI is InChI=1S/C31H43N/c1-2-31(30-14-9-23-32-30,28-19-15-26(16-20-28)24-10-5-3-6-11-24)29-21-17-27(18-22-29)25-12-7-4-8-13-25/h15-22,24-25,30,32H,2-14,23H2,1H3. The summed E-state index contributed by atoms with van der Waals surface area (Å²) in [5, 5.41) is 3.90. The SMILES string of the molecule is CCC(c1ccc(C2CCCCC2)cc1)(c1ccc(C2CCCCC2)cc1)C1CCCN1. The van der Waals surface area contributed by atoms with Crippen LogP contribution in [-0.4, -0.2) is 12.6 Å². The zero-order chi connectivity index (χ0) is 21.8. The van der Waals surface area contributed by atoms with Crippen LogP contribution in [0.5, 0.6) is 0 Å². The quantitative estimate of drug-likeness (QED) is 0.487. The summed E-state index contributed by atoms with van der Waals surface area (Å²) < 4.78 is 0. The van der Waals surface area contributed by atoms with Crippen molar-refractivity contribution in [1.82, 2.24) is 5.32 Å². The molecule has 5 rings (SSSR count). The van der Waals surface area contributed by atoms with Gasteiger partial charge in [-0.25, -0.2) is 0 Å². The van der Waals surface area contributed by atoms with Gasteiger partial charge in [-0.05, 0) is 85.6 Å². The smallest absolute Gasteiger partial charge is 0.0353 e. The highest BCUT2D eigenvalue weighted by Gasteiger charge is 2.42. The van der Waals surface area contributed by atoms with E-state index in [1.54, 1.807) is 11.1 Å². The highest BCUT2D eigenvalue weighted by Crippen LogP contribution is 2.44. The lowest BCUT2D eigenvalue weighted by Crippen LogP contribution is -2.45. The van der Waals surface area contributed by atoms with Crippen LogP contribution in [0.1, 0.15) is 124 Å². The minimum absolute atomic E-state index is 0.0761. The molecule has 1 atom stereocenters. The van der Waals surface area contributed by atoms with Gasteiger partial charge in [-0.2, -0.15) is 0 Å². The molecule has 2 aliphatic carbocycles. The lowest BCUT2D eigenvalue weighted by molar-refractivity contribution is 0.363. The third-order valence-corrected chi connectivity index (χ3v) is 9.22. The summed E-state index contributed by atoms with van der Waals surface area (Å²) in [7, 11) is 0. The van der Waals surface area contributed by atoms with Gasteiger partial charge in [0.05, 0.1) is 0 Å². The summed E-state index contributed by atoms with van der Waals surface area (Å²) in [4.78, 5) is 0. The third kappa shape index (κ3) is 4.30. The molecular formula is C31H43N. The number of hydrogen-bond acceptors (Lipinski definition) is 1. The van der Waals surface area contributed by atoms with Crippen LogP contribution in [-0.2, 0) is 5.41 Å². The Kier molecular flexibility index (Phi) is 7.02. The van der Waals surface area contributed by atoms with Crippen LogP contribution in [0.4, 0.5) is 0 Å². The molecule has 2 saturated carbocycles. The maximum Gasteiger partial charge on any atom is 0.0353 e. The van der Waals surface area contributed by atoms with Crippen molar-refractivity contribution in [3.8, 4) is 0 Å². The lowest BCUT2D eigenvalue weighted by atomic mass is 9.66. The molecule has 3 aliphatic rings. The van der Waals surface area contributed by atoms with Crippen molar-refractivity contribution >= 4 is 0 Å². The largest absolute Gasteiger partial charge is 0.313 e. The Labute approximate surface area is 196 Å². The van der Waals surface area contributed by atoms with E-state index in [1.165, 1.54) is 88.2 Å². The summed E-state index contributed by atoms with van der Waals surface area (Å²) >= 11 is 0. The van der Waals surface area contributed by atoms with Gasteiger partial charge in [-0.15, -0.1) is 0 Å². The van der Waals surface area contributed by atoms with E-state index >= 15 is 0 Å². The van der Waals surface area contributed by atoms with Gasteiger partial charge in [-0.1, -0.05) is 94.0 Å². The topological polar surface area (TPSA) is 12.0 Å². The molecule has 2 aromatic rings. The van der Waals surface area contributed by atoms with Crippen molar-refractivity contribution in [3.63, 3.8) is 0 Å². The van der Waals surface area contributed by atoms with Crippen LogP contribution in [0.25, 0.3) is 0 Å². The average molecular weight is 430 g/mol. The van der Waals surface area contributed by atoms with Crippen LogP contribution < -0.4 is 5.32 Å². The van der Waals surface area contributed by atoms with Crippen LogP contribution in [0.3, 0.4) is 0 Å². The molecule has 1 heterocycles. The molecule has 1 unspecified atom stereocenters. The molecule has 0 bridgehead atoms. The van der Waals surface area contributed by atoms with Crippen molar-refractivity contribution in [2.24, 2.45) is 0 Å². The molecule has 0 spiro atoms. The fourth-order valence-corrected chi connectivity index (χ4v) is 7.31. The lowest BCUT2D eigenvalue weighted by Gasteiger charge is -2.40. The number of benzene rings is 2. The van der Waals surface area contributed by atoms with E-state index in [-0.39, 0.29) is 5.41 Å². The van der Waals surface area contributed by atoms with E-state index in [2.05, 4.69) is 60.8 Å². The van der Waals surface area contributed by atoms with Crippen LogP contribution in [0, 0.1) is 0 Å². The van der Waals surface area contributed by atoms with Gasteiger partial charge in [-0.3, -0.25) is 0 Å². The normalized spacial score (nSPS) is 23.5. The maximum absolute atomic E-state index is 3.90. The molecule has 0 aromatic heterocycles. The summed E-state index contributed by atoms with van der Waals surface area (Å²) in [6.07, 6.45) is 17.7. The second kappa shape index (κ2) is 10.1. The van der Waals surface area contributed by atoms with Gasteiger partial charge in [0.25, 0.3) is 0 Å². The second-order valence-electron chi connectivity index (χ2n) is 10.9. The summed E-state index contributed by atoms with van der Waals surface area (Å²) in [6, 6.07) is 20.4. The first-order valence-electron chi connectivity index (χ1n) is 13.8. The van der Waals surface area contributed by atoms with Gasteiger partial charge < -0.3 is 5.32 Å². The predicted molar refractivity (Wildman–Crippen MR) is 137 cm³/mol. The van der Waals surface area contributed by atoms with Crippen LogP contribution in [0.15, 0.2) is 48.5 Å². The van der Waals surface area contributed by atoms with Gasteiger partial charge in [0.1, 0.15) is 0 Å². The molecule has 1 heteroatoms. The second-order valence-corrected chi connectivity index (χ2v) is 10.9. The number of hydrogen-bond donors (Lipinski definition) is 1. The Morgan fingerprint density at radius 3 is 1.47 bits per heavy atom. The summed E-state index contributed by atoms with van der Waals surface area (Å²) in [5.41, 5.74) is 6.26. The molecule has 32 heavy (non-hydrogen) atoms. The molecular weight excluding hydrogens is 386 g/mol.